The lowest BCUT2D eigenvalue weighted by Crippen LogP contribution is -2.26. The van der Waals surface area contributed by atoms with Gasteiger partial charge in [0.1, 0.15) is 23.5 Å². The molecule has 1 aliphatic carbocycles. The molecule has 0 saturated heterocycles. The number of nitrogens with two attached hydrogens (primary N) is 1. The Kier molecular flexibility index (Phi) is 4.81. The van der Waals surface area contributed by atoms with E-state index in [4.69, 9.17) is 17.0 Å². The Morgan fingerprint density at radius 2 is 1.89 bits per heavy atom. The molecule has 148 valence electrons. The van der Waals surface area contributed by atoms with Gasteiger partial charge in [-0.2, -0.15) is 13.2 Å². The first-order valence-corrected chi connectivity index (χ1v) is 9.16. The Bertz CT molecular complexity index is 1090. The molecule has 3 rings (SSSR count). The summed E-state index contributed by atoms with van der Waals surface area (Å²) < 4.78 is 95.7. The number of alkyl halides is 4. The lowest BCUT2D eigenvalue weighted by Gasteiger charge is -2.17. The minimum Gasteiger partial charge on any atom is -0.458 e. The molecule has 2 N–H and O–H groups in total. The summed E-state index contributed by atoms with van der Waals surface area (Å²) in [6, 6.07) is 2.98. The molecule has 0 fully saturated rings. The largest absolute Gasteiger partial charge is 0.501 e. The molecule has 0 amide bonds. The topological polar surface area (TPSA) is 73.8 Å². The van der Waals surface area contributed by atoms with Gasteiger partial charge in [-0.3, -0.25) is 0 Å². The number of benzene rings is 2. The molecule has 28 heavy (non-hydrogen) atoms. The summed E-state index contributed by atoms with van der Waals surface area (Å²) in [5.41, 5.74) is -0.765. The van der Waals surface area contributed by atoms with Gasteiger partial charge in [-0.15, -0.1) is 0 Å². The van der Waals surface area contributed by atoms with Crippen LogP contribution >= 0.6 is 0 Å². The van der Waals surface area contributed by atoms with Gasteiger partial charge in [-0.25, -0.2) is 22.0 Å². The highest BCUT2D eigenvalue weighted by Crippen LogP contribution is 2.45. The predicted molar refractivity (Wildman–Crippen MR) is 87.9 cm³/mol. The normalized spacial score (nSPS) is 19.2. The van der Waals surface area contributed by atoms with Crippen molar-refractivity contribution in [2.24, 2.45) is 5.73 Å². The third-order valence-electron chi connectivity index (χ3n) is 4.20. The summed E-state index contributed by atoms with van der Waals surface area (Å²) in [5.74, 6) is -1.12. The van der Waals surface area contributed by atoms with Crippen LogP contribution in [0, 0.1) is 12.4 Å². The monoisotopic (exact) mass is 418 g/mol. The summed E-state index contributed by atoms with van der Waals surface area (Å²) in [6.07, 6.45) is -2.30. The summed E-state index contributed by atoms with van der Waals surface area (Å²) >= 11 is 0. The highest BCUT2D eigenvalue weighted by molar-refractivity contribution is 7.92. The van der Waals surface area contributed by atoms with Gasteiger partial charge >= 0.3 is 5.51 Å². The zero-order valence-electron chi connectivity index (χ0n) is 13.8. The number of rotatable bonds is 3. The Morgan fingerprint density at radius 3 is 2.50 bits per heavy atom. The number of hydrogen-bond acceptors (Lipinski definition) is 4. The van der Waals surface area contributed by atoms with Crippen LogP contribution in [-0.2, 0) is 16.3 Å². The standard InChI is InChI=1S/C17H11F5N2O3S/c1-24-9-4-8(18)5-10(6-9)27-13-2-3-14(28(25,26)17(20,21)22)15-11(13)7-12(19)16(15)23/h2-6,12,16H,7,23H2. The van der Waals surface area contributed by atoms with Gasteiger partial charge in [-0.05, 0) is 29.8 Å². The van der Waals surface area contributed by atoms with Gasteiger partial charge in [0, 0.05) is 18.1 Å². The van der Waals surface area contributed by atoms with E-state index in [1.54, 1.807) is 0 Å². The van der Waals surface area contributed by atoms with Gasteiger partial charge in [0.05, 0.1) is 17.5 Å². The van der Waals surface area contributed by atoms with Crippen molar-refractivity contribution >= 4 is 15.5 Å². The second-order valence-corrected chi connectivity index (χ2v) is 7.92. The van der Waals surface area contributed by atoms with Gasteiger partial charge in [0.15, 0.2) is 5.69 Å². The van der Waals surface area contributed by atoms with Gasteiger partial charge in [0.2, 0.25) is 0 Å². The fourth-order valence-corrected chi connectivity index (χ4v) is 4.00. The van der Waals surface area contributed by atoms with Crippen LogP contribution in [0.5, 0.6) is 11.5 Å². The fourth-order valence-electron chi connectivity index (χ4n) is 2.96. The molecule has 0 radical (unpaired) electrons. The van der Waals surface area contributed by atoms with Crippen LogP contribution in [0.4, 0.5) is 27.6 Å². The minimum absolute atomic E-state index is 0.0945. The second kappa shape index (κ2) is 6.72. The van der Waals surface area contributed by atoms with Crippen molar-refractivity contribution in [3.05, 3.63) is 58.7 Å². The Hall–Kier alpha value is -2.71. The predicted octanol–water partition coefficient (Wildman–Crippen LogP) is 4.36. The van der Waals surface area contributed by atoms with Crippen LogP contribution < -0.4 is 10.5 Å². The van der Waals surface area contributed by atoms with E-state index in [1.807, 2.05) is 0 Å². The average Bonchev–Trinajstić information content (AvgIpc) is 2.89. The quantitative estimate of drug-likeness (QED) is 0.594. The highest BCUT2D eigenvalue weighted by Gasteiger charge is 2.50. The number of fused-ring (bicyclic) bond motifs is 1. The second-order valence-electron chi connectivity index (χ2n) is 6.01. The van der Waals surface area contributed by atoms with Crippen molar-refractivity contribution in [3.63, 3.8) is 0 Å². The molecule has 2 unspecified atom stereocenters. The van der Waals surface area contributed by atoms with Crippen molar-refractivity contribution in [2.75, 3.05) is 0 Å². The van der Waals surface area contributed by atoms with E-state index in [-0.39, 0.29) is 22.7 Å². The van der Waals surface area contributed by atoms with Crippen molar-refractivity contribution in [3.8, 4) is 11.5 Å². The van der Waals surface area contributed by atoms with Crippen molar-refractivity contribution in [2.45, 2.75) is 29.0 Å². The van der Waals surface area contributed by atoms with Crippen LogP contribution in [0.1, 0.15) is 17.2 Å². The molecule has 0 aromatic heterocycles. The number of halogens is 5. The van der Waals surface area contributed by atoms with Crippen LogP contribution in [0.2, 0.25) is 0 Å². The molecule has 0 saturated carbocycles. The van der Waals surface area contributed by atoms with Crippen molar-refractivity contribution < 1.29 is 35.1 Å². The number of sulfone groups is 1. The maximum Gasteiger partial charge on any atom is 0.501 e. The van der Waals surface area contributed by atoms with E-state index in [2.05, 4.69) is 4.85 Å². The molecule has 2 atom stereocenters. The Labute approximate surface area is 156 Å². The first-order chi connectivity index (χ1) is 13.0. The Morgan fingerprint density at radius 1 is 1.21 bits per heavy atom. The zero-order valence-corrected chi connectivity index (χ0v) is 14.6. The summed E-state index contributed by atoms with van der Waals surface area (Å²) in [6.45, 7) is 6.91. The number of nitrogens with zero attached hydrogens (tertiary/aromatic N) is 1. The summed E-state index contributed by atoms with van der Waals surface area (Å²) in [5, 5.41) is 0. The van der Waals surface area contributed by atoms with E-state index in [1.165, 1.54) is 6.07 Å². The van der Waals surface area contributed by atoms with Crippen LogP contribution in [0.15, 0.2) is 35.2 Å². The highest BCUT2D eigenvalue weighted by atomic mass is 32.2. The van der Waals surface area contributed by atoms with Crippen molar-refractivity contribution in [1.29, 1.82) is 0 Å². The zero-order chi connectivity index (χ0) is 20.9. The summed E-state index contributed by atoms with van der Waals surface area (Å²) in [4.78, 5) is 1.91. The molecular weight excluding hydrogens is 407 g/mol. The molecule has 0 bridgehead atoms. The first kappa shape index (κ1) is 20.0. The molecule has 0 spiro atoms. The van der Waals surface area contributed by atoms with E-state index in [0.717, 1.165) is 18.2 Å². The molecule has 5 nitrogen and oxygen atoms in total. The van der Waals surface area contributed by atoms with Gasteiger partial charge < -0.3 is 10.5 Å². The van der Waals surface area contributed by atoms with E-state index in [0.29, 0.717) is 6.07 Å². The molecule has 11 heteroatoms. The van der Waals surface area contributed by atoms with Crippen LogP contribution in [-0.4, -0.2) is 20.1 Å². The average molecular weight is 418 g/mol. The van der Waals surface area contributed by atoms with Gasteiger partial charge in [0.25, 0.3) is 9.84 Å². The van der Waals surface area contributed by atoms with E-state index >= 15 is 0 Å². The van der Waals surface area contributed by atoms with E-state index in [9.17, 15) is 30.4 Å². The Balaban J connectivity index is 2.15. The van der Waals surface area contributed by atoms with Gasteiger partial charge in [-0.1, -0.05) is 0 Å². The maximum absolute atomic E-state index is 14.1. The molecule has 2 aromatic carbocycles. The molecule has 0 heterocycles. The smallest absolute Gasteiger partial charge is 0.458 e. The molecule has 0 aliphatic heterocycles. The lowest BCUT2D eigenvalue weighted by atomic mass is 10.1. The molecule has 2 aromatic rings. The van der Waals surface area contributed by atoms with E-state index < -0.39 is 50.3 Å². The fraction of sp³-hybridized carbons (Fsp3) is 0.235. The van der Waals surface area contributed by atoms with Crippen LogP contribution in [0.25, 0.3) is 4.85 Å². The third-order valence-corrected chi connectivity index (χ3v) is 5.75. The summed E-state index contributed by atoms with van der Waals surface area (Å²) in [7, 11) is -5.77. The lowest BCUT2D eigenvalue weighted by molar-refractivity contribution is -0.0436. The van der Waals surface area contributed by atoms with Crippen molar-refractivity contribution in [1.82, 2.24) is 0 Å². The third kappa shape index (κ3) is 3.29. The first-order valence-electron chi connectivity index (χ1n) is 7.68. The number of ether oxygens (including phenoxy) is 1. The minimum atomic E-state index is -5.77. The maximum atomic E-state index is 14.1. The molecule has 1 aliphatic rings. The van der Waals surface area contributed by atoms with Crippen LogP contribution in [0.3, 0.4) is 0 Å². The molecular formula is C17H11F5N2O3S. The number of hydrogen-bond donors (Lipinski definition) is 1. The SMILES string of the molecule is [C-]#[N+]c1cc(F)cc(Oc2ccc(S(=O)(=O)C(F)(F)F)c3c2CC(F)C3N)c1.